The lowest BCUT2D eigenvalue weighted by Gasteiger charge is -2.17. The number of nitriles is 1. The Bertz CT molecular complexity index is 682. The van der Waals surface area contributed by atoms with E-state index in [-0.39, 0.29) is 6.04 Å². The second-order valence-corrected chi connectivity index (χ2v) is 5.29. The van der Waals surface area contributed by atoms with E-state index in [1.165, 1.54) is 5.56 Å². The number of hydrogen-bond acceptors (Lipinski definition) is 3. The van der Waals surface area contributed by atoms with Gasteiger partial charge in [0.2, 0.25) is 0 Å². The lowest BCUT2D eigenvalue weighted by atomic mass is 10.1. The summed E-state index contributed by atoms with van der Waals surface area (Å²) < 4.78 is 1.88. The summed E-state index contributed by atoms with van der Waals surface area (Å²) in [5.41, 5.74) is 4.69. The highest BCUT2D eigenvalue weighted by molar-refractivity contribution is 6.33. The molecule has 1 heterocycles. The van der Waals surface area contributed by atoms with E-state index >= 15 is 0 Å². The molecule has 104 valence electrons. The van der Waals surface area contributed by atoms with Gasteiger partial charge in [0.15, 0.2) is 0 Å². The third-order valence-corrected chi connectivity index (χ3v) is 3.78. The molecule has 0 amide bonds. The fraction of sp³-hybridized carbons (Fsp3) is 0.333. The maximum atomic E-state index is 8.85. The Hall–Kier alpha value is -1.99. The van der Waals surface area contributed by atoms with Crippen molar-refractivity contribution in [3.05, 3.63) is 45.7 Å². The maximum Gasteiger partial charge on any atom is 0.0992 e. The fourth-order valence-corrected chi connectivity index (χ4v) is 2.66. The Morgan fingerprint density at radius 3 is 2.60 bits per heavy atom. The van der Waals surface area contributed by atoms with Crippen LogP contribution in [0.2, 0.25) is 5.02 Å². The van der Waals surface area contributed by atoms with Gasteiger partial charge in [-0.3, -0.25) is 4.68 Å². The minimum absolute atomic E-state index is 0.0918. The van der Waals surface area contributed by atoms with Crippen LogP contribution in [0.1, 0.15) is 35.5 Å². The topological polar surface area (TPSA) is 53.6 Å². The molecule has 0 saturated heterocycles. The Labute approximate surface area is 124 Å². The molecule has 0 bridgehead atoms. The molecular formula is C15H17ClN4. The average Bonchev–Trinajstić information content (AvgIpc) is 2.65. The Morgan fingerprint density at radius 1 is 1.40 bits per heavy atom. The van der Waals surface area contributed by atoms with E-state index < -0.39 is 0 Å². The van der Waals surface area contributed by atoms with E-state index in [0.29, 0.717) is 10.6 Å². The van der Waals surface area contributed by atoms with Crippen LogP contribution < -0.4 is 5.32 Å². The van der Waals surface area contributed by atoms with Gasteiger partial charge in [-0.15, -0.1) is 0 Å². The van der Waals surface area contributed by atoms with Crippen LogP contribution in [-0.2, 0) is 7.05 Å². The van der Waals surface area contributed by atoms with Gasteiger partial charge in [-0.2, -0.15) is 10.4 Å². The normalized spacial score (nSPS) is 12.0. The number of rotatable bonds is 3. The molecule has 20 heavy (non-hydrogen) atoms. The number of halogens is 1. The molecule has 0 saturated carbocycles. The molecule has 0 aliphatic heterocycles. The summed E-state index contributed by atoms with van der Waals surface area (Å²) in [7, 11) is 1.94. The van der Waals surface area contributed by atoms with Gasteiger partial charge in [0.25, 0.3) is 0 Å². The van der Waals surface area contributed by atoms with Crippen molar-refractivity contribution in [2.24, 2.45) is 7.05 Å². The van der Waals surface area contributed by atoms with Gasteiger partial charge in [-0.1, -0.05) is 11.6 Å². The first-order valence-corrected chi connectivity index (χ1v) is 6.78. The third-order valence-electron chi connectivity index (χ3n) is 3.47. The number of anilines is 1. The second kappa shape index (κ2) is 5.56. The van der Waals surface area contributed by atoms with Crippen molar-refractivity contribution in [3.63, 3.8) is 0 Å². The first kappa shape index (κ1) is 14.4. The van der Waals surface area contributed by atoms with Crippen molar-refractivity contribution >= 4 is 17.3 Å². The largest absolute Gasteiger partial charge is 0.377 e. The molecule has 4 nitrogen and oxygen atoms in total. The van der Waals surface area contributed by atoms with Crippen molar-refractivity contribution in [2.75, 3.05) is 5.32 Å². The molecule has 0 fully saturated rings. The standard InChI is InChI=1S/C15H17ClN4/c1-9(15-10(2)19-20(4)11(15)3)18-14-6-5-12(8-17)7-13(14)16/h5-7,9,18H,1-4H3. The first-order valence-electron chi connectivity index (χ1n) is 6.40. The van der Waals surface area contributed by atoms with Crippen LogP contribution in [0.4, 0.5) is 5.69 Å². The Balaban J connectivity index is 2.28. The minimum Gasteiger partial charge on any atom is -0.377 e. The summed E-state index contributed by atoms with van der Waals surface area (Å²) in [5, 5.41) is 17.2. The summed E-state index contributed by atoms with van der Waals surface area (Å²) in [5.74, 6) is 0. The summed E-state index contributed by atoms with van der Waals surface area (Å²) in [4.78, 5) is 0. The summed E-state index contributed by atoms with van der Waals surface area (Å²) in [6.45, 7) is 6.13. The predicted molar refractivity (Wildman–Crippen MR) is 80.9 cm³/mol. The van der Waals surface area contributed by atoms with Gasteiger partial charge in [0, 0.05) is 18.3 Å². The first-order chi connectivity index (χ1) is 9.43. The molecule has 5 heteroatoms. The number of aryl methyl sites for hydroxylation is 2. The average molecular weight is 289 g/mol. The van der Waals surface area contributed by atoms with Crippen molar-refractivity contribution in [2.45, 2.75) is 26.8 Å². The van der Waals surface area contributed by atoms with Crippen LogP contribution >= 0.6 is 11.6 Å². The Morgan fingerprint density at radius 2 is 2.10 bits per heavy atom. The molecule has 0 aliphatic carbocycles. The number of aromatic nitrogens is 2. The van der Waals surface area contributed by atoms with Crippen LogP contribution in [0.3, 0.4) is 0 Å². The van der Waals surface area contributed by atoms with Gasteiger partial charge in [-0.05, 0) is 39.0 Å². The van der Waals surface area contributed by atoms with Gasteiger partial charge in [0.1, 0.15) is 0 Å². The van der Waals surface area contributed by atoms with E-state index in [2.05, 4.69) is 23.4 Å². The number of nitrogens with zero attached hydrogens (tertiary/aromatic N) is 3. The zero-order chi connectivity index (χ0) is 14.9. The highest BCUT2D eigenvalue weighted by atomic mass is 35.5. The molecule has 1 unspecified atom stereocenters. The third kappa shape index (κ3) is 2.63. The van der Waals surface area contributed by atoms with E-state index in [9.17, 15) is 0 Å². The molecule has 0 spiro atoms. The maximum absolute atomic E-state index is 8.85. The quantitative estimate of drug-likeness (QED) is 0.936. The highest BCUT2D eigenvalue weighted by Gasteiger charge is 2.17. The molecule has 1 aromatic carbocycles. The molecule has 2 rings (SSSR count). The lowest BCUT2D eigenvalue weighted by Crippen LogP contribution is -2.09. The van der Waals surface area contributed by atoms with Crippen LogP contribution in [0, 0.1) is 25.2 Å². The second-order valence-electron chi connectivity index (χ2n) is 4.88. The SMILES string of the molecule is Cc1nn(C)c(C)c1C(C)Nc1ccc(C#N)cc1Cl. The summed E-state index contributed by atoms with van der Waals surface area (Å²) in [6, 6.07) is 7.42. The number of benzene rings is 1. The van der Waals surface area contributed by atoms with Crippen molar-refractivity contribution in [1.29, 1.82) is 5.26 Å². The number of nitrogens with one attached hydrogen (secondary N) is 1. The molecule has 1 atom stereocenters. The van der Waals surface area contributed by atoms with Crippen molar-refractivity contribution in [3.8, 4) is 6.07 Å². The van der Waals surface area contributed by atoms with Gasteiger partial charge < -0.3 is 5.32 Å². The van der Waals surface area contributed by atoms with Crippen LogP contribution in [-0.4, -0.2) is 9.78 Å². The zero-order valence-electron chi connectivity index (χ0n) is 12.0. The molecule has 1 aromatic heterocycles. The zero-order valence-corrected chi connectivity index (χ0v) is 12.8. The minimum atomic E-state index is 0.0918. The van der Waals surface area contributed by atoms with E-state index in [1.54, 1.807) is 12.1 Å². The molecule has 0 aliphatic rings. The van der Waals surface area contributed by atoms with E-state index in [4.69, 9.17) is 16.9 Å². The highest BCUT2D eigenvalue weighted by Crippen LogP contribution is 2.29. The van der Waals surface area contributed by atoms with Crippen molar-refractivity contribution < 1.29 is 0 Å². The Kier molecular flexibility index (Phi) is 4.01. The fourth-order valence-electron chi connectivity index (χ4n) is 2.42. The van der Waals surface area contributed by atoms with E-state index in [0.717, 1.165) is 17.1 Å². The molecule has 2 aromatic rings. The van der Waals surface area contributed by atoms with Crippen LogP contribution in [0.5, 0.6) is 0 Å². The lowest BCUT2D eigenvalue weighted by molar-refractivity contribution is 0.728. The molecular weight excluding hydrogens is 272 g/mol. The summed E-state index contributed by atoms with van der Waals surface area (Å²) in [6.07, 6.45) is 0. The smallest absolute Gasteiger partial charge is 0.0992 e. The van der Waals surface area contributed by atoms with Crippen LogP contribution in [0.25, 0.3) is 0 Å². The molecule has 1 N–H and O–H groups in total. The monoisotopic (exact) mass is 288 g/mol. The molecule has 0 radical (unpaired) electrons. The van der Waals surface area contributed by atoms with Gasteiger partial charge in [-0.25, -0.2) is 0 Å². The predicted octanol–water partition coefficient (Wildman–Crippen LogP) is 3.74. The van der Waals surface area contributed by atoms with Gasteiger partial charge in [0.05, 0.1) is 34.1 Å². The van der Waals surface area contributed by atoms with Crippen LogP contribution in [0.15, 0.2) is 18.2 Å². The van der Waals surface area contributed by atoms with Crippen molar-refractivity contribution in [1.82, 2.24) is 9.78 Å². The van der Waals surface area contributed by atoms with Gasteiger partial charge >= 0.3 is 0 Å². The number of hydrogen-bond donors (Lipinski definition) is 1. The van der Waals surface area contributed by atoms with E-state index in [1.807, 2.05) is 31.6 Å². The summed E-state index contributed by atoms with van der Waals surface area (Å²) >= 11 is 6.19.